The van der Waals surface area contributed by atoms with Gasteiger partial charge in [0.15, 0.2) is 5.84 Å². The number of thioether (sulfide) groups is 1. The van der Waals surface area contributed by atoms with Crippen LogP contribution in [0, 0.1) is 11.3 Å². The maximum absolute atomic E-state index is 12.6. The maximum Gasteiger partial charge on any atom is 0.283 e. The fraction of sp³-hybridized carbons (Fsp3) is 0.158. The lowest BCUT2D eigenvalue weighted by Crippen LogP contribution is -2.35. The van der Waals surface area contributed by atoms with Gasteiger partial charge in [-0.15, -0.1) is 0 Å². The van der Waals surface area contributed by atoms with E-state index in [4.69, 9.17) is 28.6 Å². The van der Waals surface area contributed by atoms with Gasteiger partial charge >= 0.3 is 0 Å². The molecule has 0 unspecified atom stereocenters. The molecule has 0 saturated carbocycles. The number of carbonyl (C=O) groups excluding carboxylic acids is 1. The number of amides is 1. The van der Waals surface area contributed by atoms with Crippen molar-refractivity contribution < 1.29 is 4.79 Å². The molecule has 1 aromatic heterocycles. The average molecular weight is 432 g/mol. The maximum atomic E-state index is 12.6. The highest BCUT2D eigenvalue weighted by Crippen LogP contribution is 2.31. The van der Waals surface area contributed by atoms with Crippen molar-refractivity contribution >= 4 is 63.0 Å². The molecule has 1 amide bonds. The second kappa shape index (κ2) is 7.24. The number of halogens is 2. The zero-order valence-electron chi connectivity index (χ0n) is 15.0. The van der Waals surface area contributed by atoms with E-state index in [-0.39, 0.29) is 17.3 Å². The van der Waals surface area contributed by atoms with Gasteiger partial charge in [0.1, 0.15) is 5.04 Å². The molecule has 2 aromatic rings. The minimum absolute atomic E-state index is 0.0139. The highest BCUT2D eigenvalue weighted by molar-refractivity contribution is 8.27. The van der Waals surface area contributed by atoms with Gasteiger partial charge in [0, 0.05) is 23.5 Å². The number of nitrogens with one attached hydrogen (secondary N) is 1. The Hall–Kier alpha value is -2.35. The summed E-state index contributed by atoms with van der Waals surface area (Å²) < 4.78 is 1.86. The second-order valence-electron chi connectivity index (χ2n) is 6.51. The predicted octanol–water partition coefficient (Wildman–Crippen LogP) is 5.06. The molecule has 0 fully saturated rings. The van der Waals surface area contributed by atoms with Crippen LogP contribution in [0.25, 0.3) is 11.8 Å². The van der Waals surface area contributed by atoms with E-state index in [1.807, 2.05) is 42.8 Å². The molecule has 0 radical (unpaired) electrons. The molecular formula is C19H15Cl2N5OS. The number of hydrogen-bond donors (Lipinski definition) is 1. The predicted molar refractivity (Wildman–Crippen MR) is 116 cm³/mol. The number of carbonyl (C=O) groups is 1. The van der Waals surface area contributed by atoms with Crippen molar-refractivity contribution in [3.63, 3.8) is 0 Å². The molecule has 28 heavy (non-hydrogen) atoms. The Balaban J connectivity index is 1.73. The Bertz CT molecular complexity index is 1100. The average Bonchev–Trinajstić information content (AvgIpc) is 3.28. The molecule has 3 heterocycles. The van der Waals surface area contributed by atoms with Crippen LogP contribution in [0.5, 0.6) is 0 Å². The van der Waals surface area contributed by atoms with E-state index in [1.165, 1.54) is 16.8 Å². The van der Waals surface area contributed by atoms with E-state index in [1.54, 1.807) is 18.2 Å². The van der Waals surface area contributed by atoms with Gasteiger partial charge in [0.2, 0.25) is 5.17 Å². The normalized spacial score (nSPS) is 18.0. The number of fused-ring (bicyclic) bond motifs is 1. The number of hydrazone groups is 1. The summed E-state index contributed by atoms with van der Waals surface area (Å²) >= 11 is 13.5. The van der Waals surface area contributed by atoms with Crippen LogP contribution in [0.1, 0.15) is 19.5 Å². The molecule has 0 aliphatic carbocycles. The van der Waals surface area contributed by atoms with Gasteiger partial charge in [-0.2, -0.15) is 15.1 Å². The standard InChI is InChI=1S/C19H15Cl2N5OS/c1-10(2)18-24-26-16(22)13(17(27)23-19(26)28-18)8-11-4-3-7-25(11)12-5-6-14(20)15(21)9-12/h3-10,22H,1-2H3/b13-8-,22-16?. The number of nitrogens with zero attached hydrogens (tertiary/aromatic N) is 4. The van der Waals surface area contributed by atoms with Gasteiger partial charge < -0.3 is 4.57 Å². The molecule has 2 aliphatic rings. The van der Waals surface area contributed by atoms with Gasteiger partial charge in [0.05, 0.1) is 15.6 Å². The van der Waals surface area contributed by atoms with E-state index in [0.717, 1.165) is 10.7 Å². The van der Waals surface area contributed by atoms with E-state index >= 15 is 0 Å². The van der Waals surface area contributed by atoms with Crippen LogP contribution in [-0.4, -0.2) is 31.5 Å². The number of hydrogen-bond acceptors (Lipinski definition) is 4. The first kappa shape index (κ1) is 19.0. The quantitative estimate of drug-likeness (QED) is 0.689. The van der Waals surface area contributed by atoms with Crippen LogP contribution < -0.4 is 0 Å². The summed E-state index contributed by atoms with van der Waals surface area (Å²) in [4.78, 5) is 16.7. The van der Waals surface area contributed by atoms with Crippen LogP contribution in [0.3, 0.4) is 0 Å². The summed E-state index contributed by atoms with van der Waals surface area (Å²) in [5.41, 5.74) is 1.69. The minimum atomic E-state index is -0.453. The van der Waals surface area contributed by atoms with Crippen molar-refractivity contribution in [2.75, 3.05) is 0 Å². The molecule has 0 saturated heterocycles. The summed E-state index contributed by atoms with van der Waals surface area (Å²) in [5, 5.41) is 16.5. The Kier molecular flexibility index (Phi) is 4.91. The third-order valence-electron chi connectivity index (χ3n) is 4.22. The lowest BCUT2D eigenvalue weighted by molar-refractivity contribution is -0.114. The van der Waals surface area contributed by atoms with Crippen molar-refractivity contribution in [1.82, 2.24) is 9.58 Å². The third-order valence-corrected chi connectivity index (χ3v) is 6.17. The number of aromatic nitrogens is 1. The zero-order valence-corrected chi connectivity index (χ0v) is 17.3. The lowest BCUT2D eigenvalue weighted by atomic mass is 10.1. The van der Waals surface area contributed by atoms with Crippen molar-refractivity contribution in [2.24, 2.45) is 16.0 Å². The van der Waals surface area contributed by atoms with Crippen LogP contribution >= 0.6 is 35.0 Å². The molecular weight excluding hydrogens is 417 g/mol. The number of benzene rings is 1. The summed E-state index contributed by atoms with van der Waals surface area (Å²) in [7, 11) is 0. The minimum Gasteiger partial charge on any atom is -0.317 e. The molecule has 9 heteroatoms. The van der Waals surface area contributed by atoms with Crippen molar-refractivity contribution in [1.29, 1.82) is 5.41 Å². The van der Waals surface area contributed by atoms with Crippen molar-refractivity contribution in [3.8, 4) is 5.69 Å². The number of amidine groups is 2. The first-order valence-electron chi connectivity index (χ1n) is 8.48. The van der Waals surface area contributed by atoms with Gasteiger partial charge in [-0.05, 0) is 48.2 Å². The van der Waals surface area contributed by atoms with Crippen LogP contribution in [0.4, 0.5) is 0 Å². The molecule has 1 aromatic carbocycles. The van der Waals surface area contributed by atoms with E-state index < -0.39 is 5.91 Å². The first-order chi connectivity index (χ1) is 13.3. The van der Waals surface area contributed by atoms with Gasteiger partial charge in [-0.1, -0.05) is 37.0 Å². The Morgan fingerprint density at radius 3 is 2.71 bits per heavy atom. The van der Waals surface area contributed by atoms with Crippen molar-refractivity contribution in [3.05, 3.63) is 57.8 Å². The molecule has 0 bridgehead atoms. The number of rotatable bonds is 3. The van der Waals surface area contributed by atoms with Crippen molar-refractivity contribution in [2.45, 2.75) is 13.8 Å². The van der Waals surface area contributed by atoms with Crippen LogP contribution in [0.15, 0.2) is 52.2 Å². The zero-order chi connectivity index (χ0) is 20.0. The summed E-state index contributed by atoms with van der Waals surface area (Å²) in [6, 6.07) is 8.98. The topological polar surface area (TPSA) is 73.8 Å². The SMILES string of the molecule is CC(C)C1=NN2C(=N)/C(=C/c3cccn3-c3ccc(Cl)c(Cl)c3)C(=O)N=C2S1. The fourth-order valence-corrected chi connectivity index (χ4v) is 3.95. The summed E-state index contributed by atoms with van der Waals surface area (Å²) in [5.74, 6) is -0.244. The highest BCUT2D eigenvalue weighted by atomic mass is 35.5. The molecule has 6 nitrogen and oxygen atoms in total. The molecule has 4 rings (SSSR count). The van der Waals surface area contributed by atoms with E-state index in [2.05, 4.69) is 10.1 Å². The molecule has 2 aliphatic heterocycles. The lowest BCUT2D eigenvalue weighted by Gasteiger charge is -2.20. The Labute approximate surface area is 176 Å². The smallest absolute Gasteiger partial charge is 0.283 e. The second-order valence-corrected chi connectivity index (χ2v) is 8.32. The summed E-state index contributed by atoms with van der Waals surface area (Å²) in [6.45, 7) is 4.02. The van der Waals surface area contributed by atoms with Gasteiger partial charge in [-0.3, -0.25) is 10.2 Å². The van der Waals surface area contributed by atoms with Gasteiger partial charge in [-0.25, -0.2) is 0 Å². The van der Waals surface area contributed by atoms with Crippen LogP contribution in [0.2, 0.25) is 10.0 Å². The fourth-order valence-electron chi connectivity index (χ4n) is 2.77. The largest absolute Gasteiger partial charge is 0.317 e. The molecule has 1 N–H and O–H groups in total. The molecule has 0 atom stereocenters. The van der Waals surface area contributed by atoms with Crippen LogP contribution in [-0.2, 0) is 4.79 Å². The molecule has 142 valence electrons. The Morgan fingerprint density at radius 1 is 1.21 bits per heavy atom. The summed E-state index contributed by atoms with van der Waals surface area (Å²) in [6.07, 6.45) is 3.49. The first-order valence-corrected chi connectivity index (χ1v) is 10.1. The van der Waals surface area contributed by atoms with E-state index in [0.29, 0.717) is 20.9 Å². The monoisotopic (exact) mass is 431 g/mol. The van der Waals surface area contributed by atoms with E-state index in [9.17, 15) is 4.79 Å². The molecule has 0 spiro atoms. The number of aliphatic imine (C=N–C) groups is 1. The van der Waals surface area contributed by atoms with Gasteiger partial charge in [0.25, 0.3) is 5.91 Å². The third kappa shape index (κ3) is 3.30. The Morgan fingerprint density at radius 2 is 2.00 bits per heavy atom. The highest BCUT2D eigenvalue weighted by Gasteiger charge is 2.36.